The highest BCUT2D eigenvalue weighted by Gasteiger charge is 2.49. The van der Waals surface area contributed by atoms with Crippen LogP contribution in [0.1, 0.15) is 24.6 Å². The quantitative estimate of drug-likeness (QED) is 0.478. The van der Waals surface area contributed by atoms with Crippen molar-refractivity contribution in [2.24, 2.45) is 0 Å². The van der Waals surface area contributed by atoms with Crippen LogP contribution in [0.5, 0.6) is 0 Å². The minimum atomic E-state index is -3.17. The zero-order chi connectivity index (χ0) is 20.3. The van der Waals surface area contributed by atoms with Crippen molar-refractivity contribution in [3.05, 3.63) is 96.6 Å². The number of nitrogens with zero attached hydrogens (tertiary/aromatic N) is 2. The highest BCUT2D eigenvalue weighted by Crippen LogP contribution is 2.69. The van der Waals surface area contributed by atoms with Gasteiger partial charge in [0.2, 0.25) is 0 Å². The molecule has 3 aromatic carbocycles. The lowest BCUT2D eigenvalue weighted by Gasteiger charge is -2.38. The largest absolute Gasteiger partial charge is 0.305 e. The lowest BCUT2D eigenvalue weighted by atomic mass is 10.1. The zero-order valence-corrected chi connectivity index (χ0v) is 17.4. The van der Waals surface area contributed by atoms with Gasteiger partial charge in [-0.15, -0.1) is 0 Å². The topological polar surface area (TPSA) is 40.6 Å². The molecule has 4 rings (SSSR count). The Morgan fingerprint density at radius 3 is 1.62 bits per heavy atom. The average molecular weight is 404 g/mol. The molecule has 0 radical (unpaired) electrons. The maximum absolute atomic E-state index is 15.0. The molecule has 29 heavy (non-hydrogen) atoms. The van der Waals surface area contributed by atoms with Gasteiger partial charge in [-0.1, -0.05) is 66.7 Å². The maximum Gasteiger partial charge on any atom is 0.270 e. The van der Waals surface area contributed by atoms with Crippen LogP contribution in [0.2, 0.25) is 0 Å². The number of para-hydroxylation sites is 2. The van der Waals surface area contributed by atoms with Crippen molar-refractivity contribution in [2.75, 3.05) is 22.4 Å². The van der Waals surface area contributed by atoms with E-state index in [9.17, 15) is 4.79 Å². The van der Waals surface area contributed by atoms with E-state index in [-0.39, 0.29) is 12.2 Å². The van der Waals surface area contributed by atoms with Gasteiger partial charge < -0.3 is 9.34 Å². The highest BCUT2D eigenvalue weighted by molar-refractivity contribution is 7.68. The normalized spacial score (nSPS) is 16.6. The van der Waals surface area contributed by atoms with Gasteiger partial charge in [-0.2, -0.15) is 0 Å². The van der Waals surface area contributed by atoms with Crippen molar-refractivity contribution in [1.29, 1.82) is 0 Å². The summed E-state index contributed by atoms with van der Waals surface area (Å²) in [5.74, 6) is 0.0435. The Labute approximate surface area is 172 Å². The van der Waals surface area contributed by atoms with Crippen molar-refractivity contribution in [1.82, 2.24) is 0 Å². The van der Waals surface area contributed by atoms with Crippen molar-refractivity contribution >= 4 is 24.6 Å². The van der Waals surface area contributed by atoms with Crippen molar-refractivity contribution in [2.45, 2.75) is 19.0 Å². The number of ketones is 1. The second kappa shape index (κ2) is 8.26. The van der Waals surface area contributed by atoms with Crippen LogP contribution in [-0.2, 0) is 9.36 Å². The third-order valence-corrected chi connectivity index (χ3v) is 8.93. The number of rotatable bonds is 6. The summed E-state index contributed by atoms with van der Waals surface area (Å²) in [6, 6.07) is 29.6. The number of Topliss-reactive ketones (excluding diaryl/α,β-unsaturated/α-hetero) is 1. The van der Waals surface area contributed by atoms with E-state index in [1.165, 1.54) is 0 Å². The Hall–Kier alpha value is -2.84. The van der Waals surface area contributed by atoms with E-state index in [1.807, 2.05) is 100 Å². The summed E-state index contributed by atoms with van der Waals surface area (Å²) < 4.78 is 19.1. The Morgan fingerprint density at radius 2 is 1.21 bits per heavy atom. The van der Waals surface area contributed by atoms with Crippen molar-refractivity contribution in [3.8, 4) is 0 Å². The van der Waals surface area contributed by atoms with Crippen LogP contribution in [0.25, 0.3) is 0 Å². The molecule has 5 heteroatoms. The lowest BCUT2D eigenvalue weighted by molar-refractivity contribution is -0.117. The Kier molecular flexibility index (Phi) is 5.55. The van der Waals surface area contributed by atoms with Gasteiger partial charge in [0.1, 0.15) is 5.78 Å². The Balaban J connectivity index is 1.89. The molecule has 1 unspecified atom stereocenters. The van der Waals surface area contributed by atoms with E-state index >= 15 is 4.57 Å². The molecule has 0 aliphatic carbocycles. The number of carbonyl (C=O) groups is 1. The predicted molar refractivity (Wildman–Crippen MR) is 120 cm³/mol. The van der Waals surface area contributed by atoms with Crippen molar-refractivity contribution in [3.63, 3.8) is 0 Å². The monoisotopic (exact) mass is 404 g/mol. The fourth-order valence-electron chi connectivity index (χ4n) is 4.11. The molecular weight excluding hydrogens is 379 g/mol. The third-order valence-electron chi connectivity index (χ3n) is 5.40. The van der Waals surface area contributed by atoms with Gasteiger partial charge in [-0.25, -0.2) is 0 Å². The first kappa shape index (κ1) is 19.5. The first-order chi connectivity index (χ1) is 14.1. The summed E-state index contributed by atoms with van der Waals surface area (Å²) in [5, 5.41) is 0. The van der Waals surface area contributed by atoms with Gasteiger partial charge in [0, 0.05) is 30.9 Å². The molecule has 0 saturated carbocycles. The first-order valence-electron chi connectivity index (χ1n) is 9.91. The van der Waals surface area contributed by atoms with E-state index < -0.39 is 13.1 Å². The molecule has 1 atom stereocenters. The molecule has 1 aliphatic rings. The second-order valence-corrected chi connectivity index (χ2v) is 10.1. The average Bonchev–Trinajstić information content (AvgIpc) is 3.11. The molecule has 1 heterocycles. The molecule has 0 aromatic heterocycles. The molecule has 0 N–H and O–H groups in total. The molecule has 0 amide bonds. The fraction of sp³-hybridized carbons (Fsp3) is 0.208. The standard InChI is InChI=1S/C24H25N2O2P/c1-20(27)19-24(21-11-5-2-6-12-21)29(28)25(22-13-7-3-8-14-22)17-18-26(29)23-15-9-4-10-16-23/h2-16,24H,17-19H2,1H3. The van der Waals surface area contributed by atoms with Gasteiger partial charge in [0.15, 0.2) is 0 Å². The van der Waals surface area contributed by atoms with Crippen LogP contribution in [0, 0.1) is 0 Å². The summed E-state index contributed by atoms with van der Waals surface area (Å²) >= 11 is 0. The minimum absolute atomic E-state index is 0.0435. The maximum atomic E-state index is 15.0. The first-order valence-corrected chi connectivity index (χ1v) is 11.6. The van der Waals surface area contributed by atoms with Gasteiger partial charge >= 0.3 is 0 Å². The van der Waals surface area contributed by atoms with Crippen LogP contribution in [0.15, 0.2) is 91.0 Å². The number of carbonyl (C=O) groups excluding carboxylic acids is 1. The smallest absolute Gasteiger partial charge is 0.270 e. The number of benzene rings is 3. The van der Waals surface area contributed by atoms with Crippen LogP contribution in [0.3, 0.4) is 0 Å². The summed E-state index contributed by atoms with van der Waals surface area (Å²) in [5.41, 5.74) is 2.40. The van der Waals surface area contributed by atoms with Crippen molar-refractivity contribution < 1.29 is 9.36 Å². The van der Waals surface area contributed by atoms with Crippen LogP contribution >= 0.6 is 7.44 Å². The van der Waals surface area contributed by atoms with Crippen LogP contribution in [-0.4, -0.2) is 18.9 Å². The van der Waals surface area contributed by atoms with E-state index in [1.54, 1.807) is 6.92 Å². The molecule has 1 fully saturated rings. The minimum Gasteiger partial charge on any atom is -0.305 e. The summed E-state index contributed by atoms with van der Waals surface area (Å²) in [6.07, 6.45) is 0.244. The summed E-state index contributed by atoms with van der Waals surface area (Å²) in [7, 11) is -3.17. The predicted octanol–water partition coefficient (Wildman–Crippen LogP) is 5.93. The summed E-state index contributed by atoms with van der Waals surface area (Å²) in [6.45, 7) is 2.88. The Bertz CT molecular complexity index is 957. The Morgan fingerprint density at radius 1 is 0.793 bits per heavy atom. The SMILES string of the molecule is CC(=O)CC(c1ccccc1)P1(=O)N(c2ccccc2)CCN1c1ccccc1. The zero-order valence-electron chi connectivity index (χ0n) is 16.5. The number of hydrogen-bond acceptors (Lipinski definition) is 2. The van der Waals surface area contributed by atoms with Gasteiger partial charge in [0.25, 0.3) is 7.44 Å². The van der Waals surface area contributed by atoms with E-state index in [4.69, 9.17) is 0 Å². The molecule has 3 aromatic rings. The van der Waals surface area contributed by atoms with E-state index in [0.29, 0.717) is 13.1 Å². The fourth-order valence-corrected chi connectivity index (χ4v) is 7.78. The molecule has 1 saturated heterocycles. The van der Waals surface area contributed by atoms with E-state index in [2.05, 4.69) is 0 Å². The number of hydrogen-bond donors (Lipinski definition) is 0. The summed E-state index contributed by atoms with van der Waals surface area (Å²) in [4.78, 5) is 12.3. The molecular formula is C24H25N2O2P. The second-order valence-electron chi connectivity index (χ2n) is 7.34. The third kappa shape index (κ3) is 3.73. The van der Waals surface area contributed by atoms with E-state index in [0.717, 1.165) is 16.9 Å². The molecule has 1 aliphatic heterocycles. The van der Waals surface area contributed by atoms with Crippen LogP contribution in [0.4, 0.5) is 11.4 Å². The molecule has 148 valence electrons. The lowest BCUT2D eigenvalue weighted by Crippen LogP contribution is -2.25. The number of anilines is 2. The van der Waals surface area contributed by atoms with Gasteiger partial charge in [0.05, 0.1) is 5.66 Å². The molecule has 0 bridgehead atoms. The molecule has 0 spiro atoms. The van der Waals surface area contributed by atoms with Gasteiger partial charge in [-0.05, 0) is 36.8 Å². The molecule has 4 nitrogen and oxygen atoms in total. The highest BCUT2D eigenvalue weighted by atomic mass is 31.2. The van der Waals surface area contributed by atoms with Gasteiger partial charge in [-0.3, -0.25) is 9.36 Å². The van der Waals surface area contributed by atoms with Crippen LogP contribution < -0.4 is 9.34 Å².